The van der Waals surface area contributed by atoms with Crippen LogP contribution in [0.3, 0.4) is 0 Å². The van der Waals surface area contributed by atoms with Crippen molar-refractivity contribution in [2.24, 2.45) is 0 Å². The average molecular weight is 812 g/mol. The van der Waals surface area contributed by atoms with Crippen molar-refractivity contribution in [3.8, 4) is 33.4 Å². The van der Waals surface area contributed by atoms with Crippen LogP contribution in [-0.4, -0.2) is 0 Å². The van der Waals surface area contributed by atoms with Crippen LogP contribution < -0.4 is 4.90 Å². The van der Waals surface area contributed by atoms with Gasteiger partial charge in [0, 0.05) is 22.2 Å². The minimum Gasteiger partial charge on any atom is -0.309 e. The van der Waals surface area contributed by atoms with E-state index in [4.69, 9.17) is 0 Å². The molecule has 1 nitrogen and oxygen atoms in total. The van der Waals surface area contributed by atoms with Crippen LogP contribution >= 0.6 is 0 Å². The number of benzene rings is 11. The summed E-state index contributed by atoms with van der Waals surface area (Å²) in [6, 6.07) is 86.8. The number of nitrogens with zero attached hydrogens (tertiary/aromatic N) is 1. The zero-order valence-corrected chi connectivity index (χ0v) is 35.4. The Balaban J connectivity index is 1.12. The maximum atomic E-state index is 2.61. The highest BCUT2D eigenvalue weighted by Gasteiger charge is 2.52. The highest BCUT2D eigenvalue weighted by atomic mass is 15.1. The van der Waals surface area contributed by atoms with Gasteiger partial charge in [-0.3, -0.25) is 0 Å². The van der Waals surface area contributed by atoms with E-state index in [-0.39, 0.29) is 5.41 Å². The molecule has 1 unspecified atom stereocenters. The first-order chi connectivity index (χ1) is 31.7. The van der Waals surface area contributed by atoms with Crippen molar-refractivity contribution in [1.29, 1.82) is 0 Å². The molecule has 0 aliphatic heterocycles. The van der Waals surface area contributed by atoms with Gasteiger partial charge in [-0.15, -0.1) is 0 Å². The smallest absolute Gasteiger partial charge is 0.0726 e. The fourth-order valence-corrected chi connectivity index (χ4v) is 12.5. The number of hydrogen-bond donors (Lipinski definition) is 0. The van der Waals surface area contributed by atoms with E-state index in [9.17, 15) is 0 Å². The summed E-state index contributed by atoms with van der Waals surface area (Å²) in [4.78, 5) is 2.61. The molecule has 1 heteroatoms. The molecule has 0 saturated heterocycles. The van der Waals surface area contributed by atoms with Gasteiger partial charge in [-0.05, 0) is 125 Å². The van der Waals surface area contributed by atoms with Crippen molar-refractivity contribution >= 4 is 49.4 Å². The van der Waals surface area contributed by atoms with Crippen LogP contribution in [0.4, 0.5) is 17.1 Å². The second-order valence-corrected chi connectivity index (χ2v) is 18.0. The molecule has 0 heterocycles. The summed E-state index contributed by atoms with van der Waals surface area (Å²) < 4.78 is 0. The SMILES string of the molecule is CC1(c2ccccc2)c2ccccc2-c2c(N(c3ccc4c5ccccc5c5ccccc5c4c3)c3cccc4c3-c3ccccc3C43c4ccccc4-c4ccccc43)cccc21. The van der Waals surface area contributed by atoms with Crippen LogP contribution in [0.2, 0.25) is 0 Å². The lowest BCUT2D eigenvalue weighted by molar-refractivity contribution is 0.714. The van der Waals surface area contributed by atoms with Crippen molar-refractivity contribution in [3.05, 3.63) is 269 Å². The molecule has 0 bridgehead atoms. The van der Waals surface area contributed by atoms with Gasteiger partial charge in [0.15, 0.2) is 0 Å². The van der Waals surface area contributed by atoms with E-state index in [0.717, 1.165) is 5.69 Å². The van der Waals surface area contributed by atoms with E-state index < -0.39 is 5.41 Å². The maximum Gasteiger partial charge on any atom is 0.0726 e. The first-order valence-electron chi connectivity index (χ1n) is 22.5. The van der Waals surface area contributed by atoms with Gasteiger partial charge in [0.05, 0.1) is 16.8 Å². The molecule has 0 radical (unpaired) electrons. The molecule has 1 spiro atoms. The molecule has 3 aliphatic carbocycles. The van der Waals surface area contributed by atoms with Crippen LogP contribution in [0.25, 0.3) is 65.7 Å². The Morgan fingerprint density at radius 2 is 0.703 bits per heavy atom. The third kappa shape index (κ3) is 4.43. The maximum absolute atomic E-state index is 2.61. The van der Waals surface area contributed by atoms with Crippen molar-refractivity contribution in [3.63, 3.8) is 0 Å². The second kappa shape index (κ2) is 13.0. The first kappa shape index (κ1) is 35.6. The first-order valence-corrected chi connectivity index (χ1v) is 22.5. The standard InChI is InChI=1S/C63H41N/c1-62(40-19-3-2-4-20-40)52-29-13-11-27-49(52)60-56(62)33-17-35-58(60)64(41-37-38-46-44-23-6-5-21-42(44)43-22-7-8-24-45(43)51(46)39-41)59-36-18-34-57-61(59)50-28-12-16-32-55(50)63(57)53-30-14-9-25-47(53)48-26-10-15-31-54(48)63/h2-39H,1H3. The summed E-state index contributed by atoms with van der Waals surface area (Å²) in [7, 11) is 0. The molecular formula is C63H41N. The number of fused-ring (bicyclic) bond motifs is 19. The van der Waals surface area contributed by atoms with E-state index in [1.54, 1.807) is 0 Å². The zero-order valence-electron chi connectivity index (χ0n) is 35.4. The molecule has 0 aromatic heterocycles. The second-order valence-electron chi connectivity index (χ2n) is 18.0. The van der Waals surface area contributed by atoms with E-state index in [2.05, 4.69) is 242 Å². The minimum absolute atomic E-state index is 0.347. The normalized spacial score (nSPS) is 15.8. The van der Waals surface area contributed by atoms with E-state index in [0.29, 0.717) is 0 Å². The van der Waals surface area contributed by atoms with Crippen molar-refractivity contribution in [2.75, 3.05) is 4.90 Å². The highest BCUT2D eigenvalue weighted by Crippen LogP contribution is 2.65. The Bertz CT molecular complexity index is 3680. The van der Waals surface area contributed by atoms with Gasteiger partial charge >= 0.3 is 0 Å². The predicted octanol–water partition coefficient (Wildman–Crippen LogP) is 16.3. The molecule has 3 aliphatic rings. The molecule has 0 amide bonds. The van der Waals surface area contributed by atoms with E-state index in [1.807, 2.05) is 0 Å². The van der Waals surface area contributed by atoms with E-state index >= 15 is 0 Å². The fraction of sp³-hybridized carbons (Fsp3) is 0.0476. The van der Waals surface area contributed by atoms with E-state index in [1.165, 1.54) is 116 Å². The van der Waals surface area contributed by atoms with Gasteiger partial charge in [-0.25, -0.2) is 0 Å². The summed E-state index contributed by atoms with van der Waals surface area (Å²) >= 11 is 0. The van der Waals surface area contributed by atoms with Crippen molar-refractivity contribution < 1.29 is 0 Å². The number of rotatable bonds is 4. The van der Waals surface area contributed by atoms with Crippen molar-refractivity contribution in [1.82, 2.24) is 0 Å². The zero-order chi connectivity index (χ0) is 42.1. The van der Waals surface area contributed by atoms with Gasteiger partial charge in [-0.2, -0.15) is 0 Å². The highest BCUT2D eigenvalue weighted by molar-refractivity contribution is 6.26. The Labute approximate surface area is 373 Å². The molecule has 11 aromatic rings. The van der Waals surface area contributed by atoms with Gasteiger partial charge < -0.3 is 4.90 Å². The van der Waals surface area contributed by atoms with Crippen LogP contribution in [0.15, 0.2) is 231 Å². The fourth-order valence-electron chi connectivity index (χ4n) is 12.5. The molecular weight excluding hydrogens is 771 g/mol. The quantitative estimate of drug-likeness (QED) is 0.160. The van der Waals surface area contributed by atoms with Gasteiger partial charge in [0.2, 0.25) is 0 Å². The number of hydrogen-bond acceptors (Lipinski definition) is 1. The topological polar surface area (TPSA) is 3.24 Å². The van der Waals surface area contributed by atoms with Crippen molar-refractivity contribution in [2.45, 2.75) is 17.8 Å². The van der Waals surface area contributed by atoms with Gasteiger partial charge in [0.25, 0.3) is 0 Å². The van der Waals surface area contributed by atoms with Gasteiger partial charge in [0.1, 0.15) is 0 Å². The Hall–Kier alpha value is -8.00. The summed E-state index contributed by atoms with van der Waals surface area (Å²) in [6.07, 6.45) is 0. The Kier molecular flexibility index (Phi) is 7.24. The molecule has 1 atom stereocenters. The molecule has 11 aromatic carbocycles. The van der Waals surface area contributed by atoms with Crippen LogP contribution in [-0.2, 0) is 10.8 Å². The Morgan fingerprint density at radius 1 is 0.297 bits per heavy atom. The summed E-state index contributed by atoms with van der Waals surface area (Å²) in [5.41, 5.74) is 19.7. The van der Waals surface area contributed by atoms with Crippen LogP contribution in [0.1, 0.15) is 45.9 Å². The molecule has 0 fully saturated rings. The van der Waals surface area contributed by atoms with Crippen LogP contribution in [0, 0.1) is 0 Å². The Morgan fingerprint density at radius 3 is 1.30 bits per heavy atom. The average Bonchev–Trinajstić information content (AvgIpc) is 3.95. The summed E-state index contributed by atoms with van der Waals surface area (Å²) in [5, 5.41) is 7.62. The summed E-state index contributed by atoms with van der Waals surface area (Å²) in [5.74, 6) is 0. The third-order valence-corrected chi connectivity index (χ3v) is 15.1. The lowest BCUT2D eigenvalue weighted by Crippen LogP contribution is -2.26. The monoisotopic (exact) mass is 811 g/mol. The molecule has 0 saturated carbocycles. The third-order valence-electron chi connectivity index (χ3n) is 15.1. The van der Waals surface area contributed by atoms with Gasteiger partial charge in [-0.1, -0.05) is 206 Å². The molecule has 298 valence electrons. The minimum atomic E-state index is -0.462. The molecule has 0 N–H and O–H groups in total. The predicted molar refractivity (Wildman–Crippen MR) is 267 cm³/mol. The summed E-state index contributed by atoms with van der Waals surface area (Å²) in [6.45, 7) is 2.42. The number of anilines is 3. The lowest BCUT2D eigenvalue weighted by atomic mass is 9.70. The van der Waals surface area contributed by atoms with Crippen LogP contribution in [0.5, 0.6) is 0 Å². The lowest BCUT2D eigenvalue weighted by Gasteiger charge is -2.33. The molecule has 64 heavy (non-hydrogen) atoms. The molecule has 14 rings (SSSR count). The largest absolute Gasteiger partial charge is 0.309 e.